The van der Waals surface area contributed by atoms with Gasteiger partial charge in [-0.25, -0.2) is 4.79 Å². The third kappa shape index (κ3) is 6.21. The summed E-state index contributed by atoms with van der Waals surface area (Å²) in [6, 6.07) is 10.5. The number of nitrogens with zero attached hydrogens (tertiary/aromatic N) is 3. The summed E-state index contributed by atoms with van der Waals surface area (Å²) in [6.45, 7) is 9.83. The van der Waals surface area contributed by atoms with Crippen molar-refractivity contribution >= 4 is 29.2 Å². The molecule has 3 aliphatic heterocycles. The van der Waals surface area contributed by atoms with Crippen LogP contribution < -0.4 is 25.0 Å². The average molecular weight is 536 g/mol. The number of anilines is 2. The van der Waals surface area contributed by atoms with Crippen LogP contribution in [0.2, 0.25) is 0 Å². The number of carbonyl (C=O) groups is 3. The molecule has 208 valence electrons. The second kappa shape index (κ2) is 11.0. The molecule has 2 N–H and O–H groups in total. The predicted molar refractivity (Wildman–Crippen MR) is 149 cm³/mol. The van der Waals surface area contributed by atoms with Crippen molar-refractivity contribution < 1.29 is 23.9 Å². The Morgan fingerprint density at radius 3 is 2.23 bits per heavy atom. The number of hydrogen-bond acceptors (Lipinski definition) is 6. The highest BCUT2D eigenvalue weighted by Gasteiger charge is 2.28. The zero-order chi connectivity index (χ0) is 27.6. The van der Waals surface area contributed by atoms with E-state index < -0.39 is 0 Å². The van der Waals surface area contributed by atoms with Crippen molar-refractivity contribution in [3.63, 3.8) is 0 Å². The molecule has 3 heterocycles. The van der Waals surface area contributed by atoms with E-state index in [0.29, 0.717) is 54.5 Å². The molecule has 0 saturated carbocycles. The third-order valence-corrected chi connectivity index (χ3v) is 7.15. The minimum atomic E-state index is -0.302. The van der Waals surface area contributed by atoms with Gasteiger partial charge in [0, 0.05) is 61.7 Å². The maximum Gasteiger partial charge on any atom is 0.317 e. The summed E-state index contributed by atoms with van der Waals surface area (Å²) in [6.07, 6.45) is 3.10. The number of carbonyl (C=O) groups excluding carboxylic acids is 3. The summed E-state index contributed by atoms with van der Waals surface area (Å²) in [5, 5.41) is 5.96. The Morgan fingerprint density at radius 2 is 1.51 bits per heavy atom. The van der Waals surface area contributed by atoms with Crippen molar-refractivity contribution in [1.82, 2.24) is 15.1 Å². The quantitative estimate of drug-likeness (QED) is 0.615. The number of fused-ring (bicyclic) bond motifs is 1. The average Bonchev–Trinajstić information content (AvgIpc) is 3.40. The maximum absolute atomic E-state index is 13.7. The van der Waals surface area contributed by atoms with Crippen LogP contribution in [-0.2, 0) is 0 Å². The lowest BCUT2D eigenvalue weighted by Gasteiger charge is -2.38. The number of benzene rings is 2. The Hall–Kier alpha value is -3.95. The van der Waals surface area contributed by atoms with Gasteiger partial charge in [0.05, 0.1) is 5.56 Å². The van der Waals surface area contributed by atoms with Crippen LogP contribution in [0.1, 0.15) is 60.7 Å². The van der Waals surface area contributed by atoms with E-state index in [4.69, 9.17) is 9.47 Å². The lowest BCUT2D eigenvalue weighted by atomic mass is 10.0. The van der Waals surface area contributed by atoms with Gasteiger partial charge in [0.15, 0.2) is 11.5 Å². The van der Waals surface area contributed by atoms with E-state index in [-0.39, 0.29) is 30.2 Å². The second-order valence-corrected chi connectivity index (χ2v) is 11.3. The Balaban J connectivity index is 1.35. The monoisotopic (exact) mass is 535 g/mol. The van der Waals surface area contributed by atoms with Crippen molar-refractivity contribution in [2.24, 2.45) is 0 Å². The van der Waals surface area contributed by atoms with Crippen molar-refractivity contribution in [2.75, 3.05) is 56.3 Å². The summed E-state index contributed by atoms with van der Waals surface area (Å²) in [5.41, 5.74) is 2.07. The summed E-state index contributed by atoms with van der Waals surface area (Å²) < 4.78 is 10.7. The molecule has 2 aromatic carbocycles. The Bertz CT molecular complexity index is 1240. The van der Waals surface area contributed by atoms with Crippen LogP contribution in [-0.4, -0.2) is 79.2 Å². The number of hydrogen-bond donors (Lipinski definition) is 2. The summed E-state index contributed by atoms with van der Waals surface area (Å²) in [5.74, 6) is 0.822. The fraction of sp³-hybridized carbons (Fsp3) is 0.483. The van der Waals surface area contributed by atoms with Gasteiger partial charge in [-0.3, -0.25) is 9.59 Å². The van der Waals surface area contributed by atoms with Gasteiger partial charge in [0.25, 0.3) is 11.8 Å². The molecule has 0 aromatic heterocycles. The second-order valence-electron chi connectivity index (χ2n) is 11.3. The first-order chi connectivity index (χ1) is 18.7. The molecule has 0 unspecified atom stereocenters. The van der Waals surface area contributed by atoms with Crippen molar-refractivity contribution in [1.29, 1.82) is 0 Å². The molecular weight excluding hydrogens is 498 g/mol. The molecule has 2 saturated heterocycles. The van der Waals surface area contributed by atoms with Crippen LogP contribution in [0.15, 0.2) is 36.4 Å². The molecule has 2 fully saturated rings. The number of ether oxygens (including phenoxy) is 2. The third-order valence-electron chi connectivity index (χ3n) is 7.15. The SMILES string of the molecule is CC(C)(C)NC(=O)N1CCN(c2ccc(NC(=O)c3ccc4c(c3)OCO4)cc2C(=O)N2CCCCC2)CC1. The van der Waals surface area contributed by atoms with E-state index in [1.54, 1.807) is 24.3 Å². The molecule has 0 atom stereocenters. The molecule has 10 nitrogen and oxygen atoms in total. The van der Waals surface area contributed by atoms with Crippen LogP contribution in [0.25, 0.3) is 0 Å². The molecule has 0 spiro atoms. The van der Waals surface area contributed by atoms with Crippen LogP contribution >= 0.6 is 0 Å². The van der Waals surface area contributed by atoms with E-state index in [2.05, 4.69) is 15.5 Å². The highest BCUT2D eigenvalue weighted by Crippen LogP contribution is 2.33. The first-order valence-electron chi connectivity index (χ1n) is 13.6. The lowest BCUT2D eigenvalue weighted by molar-refractivity contribution is 0.0724. The van der Waals surface area contributed by atoms with Gasteiger partial charge in [-0.15, -0.1) is 0 Å². The Morgan fingerprint density at radius 1 is 0.795 bits per heavy atom. The van der Waals surface area contributed by atoms with Gasteiger partial charge < -0.3 is 34.8 Å². The smallest absolute Gasteiger partial charge is 0.317 e. The van der Waals surface area contributed by atoms with Gasteiger partial charge in [-0.1, -0.05) is 0 Å². The van der Waals surface area contributed by atoms with Crippen LogP contribution in [0.5, 0.6) is 11.5 Å². The molecule has 2 aromatic rings. The van der Waals surface area contributed by atoms with Crippen molar-refractivity contribution in [3.8, 4) is 11.5 Å². The number of rotatable bonds is 4. The van der Waals surface area contributed by atoms with Gasteiger partial charge >= 0.3 is 6.03 Å². The van der Waals surface area contributed by atoms with Crippen LogP contribution in [0.3, 0.4) is 0 Å². The molecule has 0 aliphatic carbocycles. The minimum Gasteiger partial charge on any atom is -0.454 e. The summed E-state index contributed by atoms with van der Waals surface area (Å²) in [7, 11) is 0. The van der Waals surface area contributed by atoms with E-state index in [1.165, 1.54) is 0 Å². The number of likely N-dealkylation sites (tertiary alicyclic amines) is 1. The van der Waals surface area contributed by atoms with Crippen LogP contribution in [0.4, 0.5) is 16.2 Å². The molecule has 4 amide bonds. The van der Waals surface area contributed by atoms with Gasteiger partial charge in [-0.2, -0.15) is 0 Å². The van der Waals surface area contributed by atoms with Crippen molar-refractivity contribution in [3.05, 3.63) is 47.5 Å². The first-order valence-corrected chi connectivity index (χ1v) is 13.6. The Kier molecular flexibility index (Phi) is 7.54. The first kappa shape index (κ1) is 26.6. The molecule has 0 bridgehead atoms. The largest absolute Gasteiger partial charge is 0.454 e. The minimum absolute atomic E-state index is 0.0308. The van der Waals surface area contributed by atoms with E-state index in [1.807, 2.05) is 42.7 Å². The topological polar surface area (TPSA) is 103 Å². The molecular formula is C29H37N5O5. The normalized spacial score (nSPS) is 17.2. The number of amides is 4. The van der Waals surface area contributed by atoms with Gasteiger partial charge in [0.1, 0.15) is 0 Å². The molecule has 10 heteroatoms. The fourth-order valence-electron chi connectivity index (χ4n) is 5.12. The van der Waals surface area contributed by atoms with E-state index in [0.717, 1.165) is 38.0 Å². The summed E-state index contributed by atoms with van der Waals surface area (Å²) in [4.78, 5) is 45.3. The number of piperidine rings is 1. The highest BCUT2D eigenvalue weighted by atomic mass is 16.7. The Labute approximate surface area is 229 Å². The maximum atomic E-state index is 13.7. The number of nitrogens with one attached hydrogen (secondary N) is 2. The summed E-state index contributed by atoms with van der Waals surface area (Å²) >= 11 is 0. The number of piperazine rings is 1. The zero-order valence-electron chi connectivity index (χ0n) is 22.9. The van der Waals surface area contributed by atoms with Crippen LogP contribution in [0, 0.1) is 0 Å². The van der Waals surface area contributed by atoms with E-state index in [9.17, 15) is 14.4 Å². The van der Waals surface area contributed by atoms with Crippen molar-refractivity contribution in [2.45, 2.75) is 45.6 Å². The standard InChI is InChI=1S/C29H37N5O5/c1-29(2,3)31-28(37)34-15-13-32(14-16-34)23-9-8-21(18-22(23)27(36)33-11-5-4-6-12-33)30-26(35)20-7-10-24-25(17-20)39-19-38-24/h7-10,17-18H,4-6,11-16,19H2,1-3H3,(H,30,35)(H,31,37). The number of urea groups is 1. The zero-order valence-corrected chi connectivity index (χ0v) is 22.9. The molecule has 0 radical (unpaired) electrons. The molecule has 3 aliphatic rings. The fourth-order valence-corrected chi connectivity index (χ4v) is 5.12. The molecule has 5 rings (SSSR count). The van der Waals surface area contributed by atoms with E-state index >= 15 is 0 Å². The predicted octanol–water partition coefficient (Wildman–Crippen LogP) is 3.92. The highest BCUT2D eigenvalue weighted by molar-refractivity contribution is 6.06. The lowest BCUT2D eigenvalue weighted by Crippen LogP contribution is -2.55. The van der Waals surface area contributed by atoms with Gasteiger partial charge in [0.2, 0.25) is 6.79 Å². The molecule has 39 heavy (non-hydrogen) atoms. The van der Waals surface area contributed by atoms with Gasteiger partial charge in [-0.05, 0) is 76.4 Å².